The molecular weight excluding hydrogens is 452 g/mol. The first-order chi connectivity index (χ1) is 17.3. The first-order valence-electron chi connectivity index (χ1n) is 13.4. The van der Waals surface area contributed by atoms with Crippen molar-refractivity contribution in [3.63, 3.8) is 0 Å². The smallest absolute Gasteiger partial charge is 0.256 e. The summed E-state index contributed by atoms with van der Waals surface area (Å²) in [5.41, 5.74) is 7.91. The van der Waals surface area contributed by atoms with Gasteiger partial charge in [0.1, 0.15) is 0 Å². The third-order valence-corrected chi connectivity index (χ3v) is 8.09. The minimum Gasteiger partial charge on any atom is -0.390 e. The number of benzene rings is 1. The van der Waals surface area contributed by atoms with Crippen molar-refractivity contribution in [3.05, 3.63) is 51.8 Å². The van der Waals surface area contributed by atoms with Crippen LogP contribution in [0.3, 0.4) is 0 Å². The van der Waals surface area contributed by atoms with Gasteiger partial charge >= 0.3 is 0 Å². The molecule has 0 spiro atoms. The van der Waals surface area contributed by atoms with Crippen LogP contribution in [0.15, 0.2) is 18.2 Å². The van der Waals surface area contributed by atoms with Gasteiger partial charge in [-0.05, 0) is 76.3 Å². The Morgan fingerprint density at radius 1 is 1.17 bits per heavy atom. The van der Waals surface area contributed by atoms with E-state index in [0.29, 0.717) is 23.7 Å². The van der Waals surface area contributed by atoms with Gasteiger partial charge in [0.2, 0.25) is 0 Å². The summed E-state index contributed by atoms with van der Waals surface area (Å²) in [6, 6.07) is 6.53. The topological polar surface area (TPSA) is 97.5 Å². The first kappa shape index (κ1) is 24.8. The van der Waals surface area contributed by atoms with Crippen molar-refractivity contribution in [3.8, 4) is 0 Å². The Kier molecular flexibility index (Phi) is 7.04. The van der Waals surface area contributed by atoms with Crippen LogP contribution < -0.4 is 10.6 Å². The van der Waals surface area contributed by atoms with Crippen LogP contribution in [0.4, 0.5) is 5.69 Å². The van der Waals surface area contributed by atoms with Crippen LogP contribution in [0.1, 0.15) is 83.4 Å². The minimum atomic E-state index is -0.615. The quantitative estimate of drug-likeness (QED) is 0.457. The summed E-state index contributed by atoms with van der Waals surface area (Å²) < 4.78 is 0. The summed E-state index contributed by atoms with van der Waals surface area (Å²) in [5, 5.41) is 16.6. The number of allylic oxidation sites excluding steroid dienone is 1. The number of likely N-dealkylation sites (N-methyl/N-ethyl adjacent to an activating group) is 1. The third-order valence-electron chi connectivity index (χ3n) is 8.09. The van der Waals surface area contributed by atoms with Crippen LogP contribution >= 0.6 is 0 Å². The highest BCUT2D eigenvalue weighted by molar-refractivity contribution is 6.37. The Labute approximate surface area is 213 Å². The summed E-state index contributed by atoms with van der Waals surface area (Å²) in [4.78, 5) is 31.9. The van der Waals surface area contributed by atoms with Gasteiger partial charge in [-0.25, -0.2) is 0 Å². The molecule has 1 aliphatic heterocycles. The van der Waals surface area contributed by atoms with Gasteiger partial charge in [-0.3, -0.25) is 9.59 Å². The highest BCUT2D eigenvalue weighted by Crippen LogP contribution is 2.43. The normalized spacial score (nSPS) is 20.8. The van der Waals surface area contributed by atoms with E-state index in [4.69, 9.17) is 0 Å². The second kappa shape index (κ2) is 10.2. The molecule has 1 saturated carbocycles. The van der Waals surface area contributed by atoms with Crippen LogP contribution in [0.2, 0.25) is 0 Å². The second-order valence-corrected chi connectivity index (χ2v) is 10.8. The molecular formula is C29H38N4O3. The van der Waals surface area contributed by atoms with Crippen LogP contribution in [-0.4, -0.2) is 59.1 Å². The summed E-state index contributed by atoms with van der Waals surface area (Å²) >= 11 is 0. The molecule has 2 aromatic rings. The van der Waals surface area contributed by atoms with Gasteiger partial charge in [-0.15, -0.1) is 0 Å². The number of hydrogen-bond donors (Lipinski definition) is 4. The lowest BCUT2D eigenvalue weighted by Crippen LogP contribution is -2.43. The third kappa shape index (κ3) is 4.74. The van der Waals surface area contributed by atoms with E-state index < -0.39 is 6.10 Å². The van der Waals surface area contributed by atoms with Crippen molar-refractivity contribution in [1.29, 1.82) is 0 Å². The fourth-order valence-corrected chi connectivity index (χ4v) is 6.26. The number of rotatable bonds is 6. The first-order valence-corrected chi connectivity index (χ1v) is 13.4. The fourth-order valence-electron chi connectivity index (χ4n) is 6.26. The van der Waals surface area contributed by atoms with Gasteiger partial charge in [-0.2, -0.15) is 0 Å². The minimum absolute atomic E-state index is 0.0816. The maximum absolute atomic E-state index is 13.3. The molecule has 1 atom stereocenters. The van der Waals surface area contributed by atoms with Crippen LogP contribution in [0, 0.1) is 13.8 Å². The van der Waals surface area contributed by atoms with Gasteiger partial charge in [0, 0.05) is 41.8 Å². The number of amides is 2. The van der Waals surface area contributed by atoms with Crippen molar-refractivity contribution in [1.82, 2.24) is 15.2 Å². The lowest BCUT2D eigenvalue weighted by molar-refractivity contribution is -0.110. The Balaban J connectivity index is 1.34. The molecule has 36 heavy (non-hydrogen) atoms. The zero-order valence-electron chi connectivity index (χ0n) is 21.7. The molecule has 7 heteroatoms. The Bertz CT molecular complexity index is 1210. The largest absolute Gasteiger partial charge is 0.390 e. The Morgan fingerprint density at radius 2 is 1.94 bits per heavy atom. The molecule has 1 fully saturated rings. The van der Waals surface area contributed by atoms with Crippen LogP contribution in [0.5, 0.6) is 0 Å². The predicted molar refractivity (Wildman–Crippen MR) is 143 cm³/mol. The number of carbonyl (C=O) groups is 2. The SMILES string of the molecule is Cc1ccc2c(c1)/C(=C1\CCCc3c1[nH]c(C)c3C(=O)NCC(O)CN(C)C1CCCCC1)C(=O)N2. The molecule has 2 heterocycles. The molecule has 7 nitrogen and oxygen atoms in total. The maximum atomic E-state index is 13.3. The number of aliphatic hydroxyl groups excluding tert-OH is 1. The van der Waals surface area contributed by atoms with Crippen LogP contribution in [-0.2, 0) is 11.2 Å². The van der Waals surface area contributed by atoms with E-state index in [-0.39, 0.29) is 18.4 Å². The van der Waals surface area contributed by atoms with Crippen molar-refractivity contribution < 1.29 is 14.7 Å². The van der Waals surface area contributed by atoms with E-state index in [1.54, 1.807) is 0 Å². The molecule has 0 bridgehead atoms. The van der Waals surface area contributed by atoms with Crippen LogP contribution in [0.25, 0.3) is 11.1 Å². The molecule has 1 unspecified atom stereocenters. The van der Waals surface area contributed by atoms with E-state index in [1.165, 1.54) is 32.1 Å². The standard InChI is InChI=1S/C29H38N4O3/c1-17-12-13-24-23(14-17)26(29(36)32-24)22-11-7-10-21-25(18(2)31-27(21)22)28(35)30-15-20(34)16-33(3)19-8-5-4-6-9-19/h12-14,19-20,31,34H,4-11,15-16H2,1-3H3,(H,30,35)(H,32,36)/b26-22-. The number of hydrogen-bond acceptors (Lipinski definition) is 4. The molecule has 1 aromatic carbocycles. The van der Waals surface area contributed by atoms with E-state index in [2.05, 4.69) is 33.6 Å². The summed E-state index contributed by atoms with van der Waals surface area (Å²) in [6.07, 6.45) is 8.02. The van der Waals surface area contributed by atoms with Crippen molar-refractivity contribution in [2.75, 3.05) is 25.5 Å². The van der Waals surface area contributed by atoms with Gasteiger partial charge in [0.15, 0.2) is 0 Å². The fraction of sp³-hybridized carbons (Fsp3) is 0.517. The molecule has 2 amide bonds. The number of aromatic amines is 1. The number of aromatic nitrogens is 1. The molecule has 5 rings (SSSR count). The van der Waals surface area contributed by atoms with Crippen molar-refractivity contribution >= 4 is 28.6 Å². The number of aliphatic hydroxyl groups is 1. The van der Waals surface area contributed by atoms with E-state index in [1.807, 2.05) is 26.0 Å². The lowest BCUT2D eigenvalue weighted by atomic mass is 9.85. The number of aryl methyl sites for hydroxylation is 2. The maximum Gasteiger partial charge on any atom is 0.256 e. The number of H-pyrrole nitrogens is 1. The molecule has 2 aliphatic carbocycles. The Hall–Kier alpha value is -2.90. The number of nitrogens with one attached hydrogen (secondary N) is 3. The van der Waals surface area contributed by atoms with Crippen molar-refractivity contribution in [2.45, 2.75) is 77.4 Å². The zero-order valence-corrected chi connectivity index (χ0v) is 21.7. The number of nitrogens with zero attached hydrogens (tertiary/aromatic N) is 1. The molecule has 1 aromatic heterocycles. The van der Waals surface area contributed by atoms with Gasteiger partial charge in [0.25, 0.3) is 11.8 Å². The average Bonchev–Trinajstić information content (AvgIpc) is 3.37. The Morgan fingerprint density at radius 3 is 2.72 bits per heavy atom. The molecule has 4 N–H and O–H groups in total. The van der Waals surface area contributed by atoms with Gasteiger partial charge in [-0.1, -0.05) is 30.9 Å². The zero-order chi connectivity index (χ0) is 25.4. The van der Waals surface area contributed by atoms with E-state index in [9.17, 15) is 14.7 Å². The van der Waals surface area contributed by atoms with Gasteiger partial charge < -0.3 is 25.6 Å². The molecule has 0 saturated heterocycles. The number of fused-ring (bicyclic) bond motifs is 2. The van der Waals surface area contributed by atoms with E-state index in [0.717, 1.165) is 58.6 Å². The number of carbonyl (C=O) groups excluding carboxylic acids is 2. The summed E-state index contributed by atoms with van der Waals surface area (Å²) in [7, 11) is 2.07. The molecule has 3 aliphatic rings. The molecule has 192 valence electrons. The van der Waals surface area contributed by atoms with E-state index >= 15 is 0 Å². The average molecular weight is 491 g/mol. The lowest BCUT2D eigenvalue weighted by Gasteiger charge is -2.32. The highest BCUT2D eigenvalue weighted by Gasteiger charge is 2.33. The summed E-state index contributed by atoms with van der Waals surface area (Å²) in [6.45, 7) is 4.72. The number of anilines is 1. The highest BCUT2D eigenvalue weighted by atomic mass is 16.3. The second-order valence-electron chi connectivity index (χ2n) is 10.8. The van der Waals surface area contributed by atoms with Gasteiger partial charge in [0.05, 0.1) is 17.2 Å². The molecule has 0 radical (unpaired) electrons. The predicted octanol–water partition coefficient (Wildman–Crippen LogP) is 4.19. The van der Waals surface area contributed by atoms with Crippen molar-refractivity contribution in [2.24, 2.45) is 0 Å². The monoisotopic (exact) mass is 490 g/mol. The summed E-state index contributed by atoms with van der Waals surface area (Å²) in [5.74, 6) is -0.246.